The number of nitrogens with zero attached hydrogens (tertiary/aromatic N) is 1. The van der Waals surface area contributed by atoms with Crippen LogP contribution in [0.1, 0.15) is 41.6 Å². The molecule has 1 aromatic rings. The van der Waals surface area contributed by atoms with E-state index in [2.05, 4.69) is 10.2 Å². The molecule has 0 atom stereocenters. The van der Waals surface area contributed by atoms with E-state index in [1.165, 1.54) is 38.8 Å². The van der Waals surface area contributed by atoms with Crippen molar-refractivity contribution in [3.63, 3.8) is 0 Å². The lowest BCUT2D eigenvalue weighted by atomic mass is 10.1. The Kier molecular flexibility index (Phi) is 5.44. The van der Waals surface area contributed by atoms with Crippen molar-refractivity contribution in [3.8, 4) is 0 Å². The molecule has 0 aromatic heterocycles. The molecule has 0 saturated carbocycles. The van der Waals surface area contributed by atoms with Crippen molar-refractivity contribution in [3.05, 3.63) is 23.3 Å². The van der Waals surface area contributed by atoms with Crippen LogP contribution in [0.4, 0.5) is 11.4 Å². The van der Waals surface area contributed by atoms with Gasteiger partial charge in [0.25, 0.3) is 0 Å². The summed E-state index contributed by atoms with van der Waals surface area (Å²) in [6, 6.07) is 3.53. The molecule has 0 unspecified atom stereocenters. The lowest BCUT2D eigenvalue weighted by Gasteiger charge is -2.20. The number of hydrogen-bond donors (Lipinski definition) is 3. The molecule has 0 spiro atoms. The lowest BCUT2D eigenvalue weighted by Crippen LogP contribution is -2.30. The average molecular weight is 291 g/mol. The topological polar surface area (TPSA) is 78.6 Å². The number of hydrogen-bond acceptors (Lipinski definition) is 4. The van der Waals surface area contributed by atoms with E-state index in [0.29, 0.717) is 5.69 Å². The fourth-order valence-corrected chi connectivity index (χ4v) is 2.80. The van der Waals surface area contributed by atoms with Gasteiger partial charge < -0.3 is 21.1 Å². The van der Waals surface area contributed by atoms with E-state index < -0.39 is 5.97 Å². The van der Waals surface area contributed by atoms with Crippen molar-refractivity contribution < 1.29 is 9.90 Å². The van der Waals surface area contributed by atoms with Crippen LogP contribution in [0, 0.1) is 6.92 Å². The van der Waals surface area contributed by atoms with Crippen molar-refractivity contribution >= 4 is 17.3 Å². The molecule has 5 nitrogen and oxygen atoms in total. The Bertz CT molecular complexity index is 495. The molecule has 1 aliphatic rings. The quantitative estimate of drug-likeness (QED) is 0.727. The van der Waals surface area contributed by atoms with Crippen molar-refractivity contribution in [1.82, 2.24) is 4.90 Å². The molecular weight excluding hydrogens is 266 g/mol. The number of benzene rings is 1. The van der Waals surface area contributed by atoms with Gasteiger partial charge in [-0.15, -0.1) is 0 Å². The summed E-state index contributed by atoms with van der Waals surface area (Å²) in [5.41, 5.74) is 7.95. The highest BCUT2D eigenvalue weighted by Gasteiger charge is 2.12. The van der Waals surface area contributed by atoms with Gasteiger partial charge >= 0.3 is 5.97 Å². The zero-order valence-electron chi connectivity index (χ0n) is 12.7. The highest BCUT2D eigenvalue weighted by molar-refractivity contribution is 5.95. The molecule has 21 heavy (non-hydrogen) atoms. The second kappa shape index (κ2) is 7.31. The first-order chi connectivity index (χ1) is 10.1. The summed E-state index contributed by atoms with van der Waals surface area (Å²) in [7, 11) is 0. The summed E-state index contributed by atoms with van der Waals surface area (Å²) >= 11 is 0. The van der Waals surface area contributed by atoms with Crippen molar-refractivity contribution in [2.24, 2.45) is 0 Å². The number of anilines is 2. The third kappa shape index (κ3) is 4.36. The fraction of sp³-hybridized carbons (Fsp3) is 0.562. The van der Waals surface area contributed by atoms with Gasteiger partial charge in [-0.05, 0) is 50.6 Å². The van der Waals surface area contributed by atoms with Crippen LogP contribution >= 0.6 is 0 Å². The fourth-order valence-electron chi connectivity index (χ4n) is 2.80. The molecular formula is C16H25N3O2. The minimum atomic E-state index is -0.980. The average Bonchev–Trinajstić information content (AvgIpc) is 2.71. The molecule has 1 heterocycles. The van der Waals surface area contributed by atoms with E-state index >= 15 is 0 Å². The van der Waals surface area contributed by atoms with E-state index in [0.717, 1.165) is 24.3 Å². The van der Waals surface area contributed by atoms with Gasteiger partial charge in [-0.25, -0.2) is 4.79 Å². The Hall–Kier alpha value is -1.75. The first-order valence-electron chi connectivity index (χ1n) is 7.67. The van der Waals surface area contributed by atoms with Crippen molar-refractivity contribution in [2.75, 3.05) is 37.2 Å². The molecule has 2 rings (SSSR count). The Balaban J connectivity index is 1.92. The number of rotatable bonds is 5. The van der Waals surface area contributed by atoms with Crippen LogP contribution in [0.5, 0.6) is 0 Å². The number of nitrogen functional groups attached to an aromatic ring is 1. The Labute approximate surface area is 126 Å². The second-order valence-electron chi connectivity index (χ2n) is 5.74. The van der Waals surface area contributed by atoms with Crippen molar-refractivity contribution in [2.45, 2.75) is 32.6 Å². The summed E-state index contributed by atoms with van der Waals surface area (Å²) in [5, 5.41) is 12.5. The molecule has 0 aliphatic carbocycles. The minimum absolute atomic E-state index is 0.173. The van der Waals surface area contributed by atoms with Crippen LogP contribution in [0.3, 0.4) is 0 Å². The summed E-state index contributed by atoms with van der Waals surface area (Å²) in [4.78, 5) is 13.6. The molecule has 1 aromatic carbocycles. The Morgan fingerprint density at radius 3 is 2.57 bits per heavy atom. The van der Waals surface area contributed by atoms with Gasteiger partial charge in [0.2, 0.25) is 0 Å². The molecule has 1 fully saturated rings. The normalized spacial score (nSPS) is 16.4. The first kappa shape index (κ1) is 15.6. The maximum atomic E-state index is 11.2. The van der Waals surface area contributed by atoms with Gasteiger partial charge in [-0.3, -0.25) is 0 Å². The number of likely N-dealkylation sites (tertiary alicyclic amines) is 1. The summed E-state index contributed by atoms with van der Waals surface area (Å²) in [5.74, 6) is -0.980. The minimum Gasteiger partial charge on any atom is -0.478 e. The maximum absolute atomic E-state index is 11.2. The van der Waals surface area contributed by atoms with E-state index in [1.807, 2.05) is 13.0 Å². The number of aryl methyl sites for hydroxylation is 1. The molecule has 116 valence electrons. The standard InChI is InChI=1S/C16H25N3O2/c1-12-10-13(11-14(15(12)17)16(20)21)18-6-9-19-7-4-2-3-5-8-19/h10-11,18H,2-9,17H2,1H3,(H,20,21). The molecule has 1 saturated heterocycles. The smallest absolute Gasteiger partial charge is 0.337 e. The maximum Gasteiger partial charge on any atom is 0.337 e. The largest absolute Gasteiger partial charge is 0.478 e. The van der Waals surface area contributed by atoms with Gasteiger partial charge in [-0.1, -0.05) is 12.8 Å². The SMILES string of the molecule is Cc1cc(NCCN2CCCCCC2)cc(C(=O)O)c1N. The number of carboxylic acid groups (broad SMARTS) is 1. The van der Waals surface area contributed by atoms with Gasteiger partial charge in [0, 0.05) is 24.5 Å². The lowest BCUT2D eigenvalue weighted by molar-refractivity contribution is 0.0698. The van der Waals surface area contributed by atoms with Gasteiger partial charge in [0.05, 0.1) is 5.56 Å². The predicted molar refractivity (Wildman–Crippen MR) is 85.9 cm³/mol. The monoisotopic (exact) mass is 291 g/mol. The number of carbonyl (C=O) groups is 1. The van der Waals surface area contributed by atoms with Gasteiger partial charge in [-0.2, -0.15) is 0 Å². The van der Waals surface area contributed by atoms with Crippen LogP contribution in [-0.4, -0.2) is 42.2 Å². The summed E-state index contributed by atoms with van der Waals surface area (Å²) in [6.07, 6.45) is 5.24. The zero-order valence-corrected chi connectivity index (χ0v) is 12.7. The molecule has 0 amide bonds. The molecule has 4 N–H and O–H groups in total. The highest BCUT2D eigenvalue weighted by Crippen LogP contribution is 2.22. The van der Waals surface area contributed by atoms with Gasteiger partial charge in [0.15, 0.2) is 0 Å². The zero-order chi connectivity index (χ0) is 15.2. The van der Waals surface area contributed by atoms with Crippen LogP contribution in [-0.2, 0) is 0 Å². The van der Waals surface area contributed by atoms with Crippen LogP contribution < -0.4 is 11.1 Å². The van der Waals surface area contributed by atoms with Crippen LogP contribution in [0.15, 0.2) is 12.1 Å². The number of carboxylic acids is 1. The summed E-state index contributed by atoms with van der Waals surface area (Å²) in [6.45, 7) is 5.99. The number of nitrogens with one attached hydrogen (secondary N) is 1. The highest BCUT2D eigenvalue weighted by atomic mass is 16.4. The third-order valence-electron chi connectivity index (χ3n) is 4.07. The molecule has 5 heteroatoms. The van der Waals surface area contributed by atoms with E-state index in [9.17, 15) is 4.79 Å². The van der Waals surface area contributed by atoms with E-state index in [-0.39, 0.29) is 5.56 Å². The Morgan fingerprint density at radius 1 is 1.29 bits per heavy atom. The molecule has 0 bridgehead atoms. The third-order valence-corrected chi connectivity index (χ3v) is 4.07. The molecule has 0 radical (unpaired) electrons. The van der Waals surface area contributed by atoms with Crippen molar-refractivity contribution in [1.29, 1.82) is 0 Å². The number of nitrogens with two attached hydrogens (primary N) is 1. The van der Waals surface area contributed by atoms with Crippen LogP contribution in [0.2, 0.25) is 0 Å². The number of aromatic carboxylic acids is 1. The second-order valence-corrected chi connectivity index (χ2v) is 5.74. The molecule has 1 aliphatic heterocycles. The van der Waals surface area contributed by atoms with Gasteiger partial charge in [0.1, 0.15) is 0 Å². The van der Waals surface area contributed by atoms with Crippen LogP contribution in [0.25, 0.3) is 0 Å². The van der Waals surface area contributed by atoms with E-state index in [4.69, 9.17) is 10.8 Å². The summed E-state index contributed by atoms with van der Waals surface area (Å²) < 4.78 is 0. The first-order valence-corrected chi connectivity index (χ1v) is 7.67. The Morgan fingerprint density at radius 2 is 1.95 bits per heavy atom. The van der Waals surface area contributed by atoms with E-state index in [1.54, 1.807) is 6.07 Å². The predicted octanol–water partition coefficient (Wildman–Crippen LogP) is 2.56.